The molecule has 0 N–H and O–H groups in total. The van der Waals surface area contributed by atoms with Crippen LogP contribution in [0.2, 0.25) is 0 Å². The van der Waals surface area contributed by atoms with Crippen LogP contribution in [0.1, 0.15) is 10.4 Å². The number of thioether (sulfide) groups is 1. The molecule has 0 amide bonds. The maximum Gasteiger partial charge on any atom is 0.352 e. The number of carbonyl (C=O) groups is 1. The molecule has 0 saturated carbocycles. The van der Waals surface area contributed by atoms with Gasteiger partial charge in [0.1, 0.15) is 5.69 Å². The van der Waals surface area contributed by atoms with Crippen LogP contribution in [0.25, 0.3) is 11.5 Å². The van der Waals surface area contributed by atoms with Crippen molar-refractivity contribution >= 4 is 17.7 Å². The number of carbonyl (C=O) groups excluding carboxylic acids is 1. The first-order valence-electron chi connectivity index (χ1n) is 5.39. The Morgan fingerprint density at radius 2 is 2.21 bits per heavy atom. The highest BCUT2D eigenvalue weighted by molar-refractivity contribution is 7.98. The molecular weight excluding hydrogens is 266 g/mol. The Kier molecular flexibility index (Phi) is 4.01. The van der Waals surface area contributed by atoms with Gasteiger partial charge in [0.25, 0.3) is 0 Å². The number of hydrogen-bond acceptors (Lipinski definition) is 6. The lowest BCUT2D eigenvalue weighted by atomic mass is 10.2. The predicted octanol–water partition coefficient (Wildman–Crippen LogP) is 2.21. The Morgan fingerprint density at radius 3 is 2.79 bits per heavy atom. The number of nitrogens with zero attached hydrogens (tertiary/aromatic N) is 1. The van der Waals surface area contributed by atoms with Crippen molar-refractivity contribution in [1.82, 2.24) is 4.98 Å². The van der Waals surface area contributed by atoms with E-state index < -0.39 is 11.6 Å². The highest BCUT2D eigenvalue weighted by Gasteiger charge is 2.20. The van der Waals surface area contributed by atoms with Crippen LogP contribution < -0.4 is 5.63 Å². The number of methoxy groups -OCH3 is 1. The lowest BCUT2D eigenvalue weighted by Crippen LogP contribution is -2.17. The molecule has 2 aromatic heterocycles. The maximum atomic E-state index is 11.9. The largest absolute Gasteiger partial charge is 0.465 e. The van der Waals surface area contributed by atoms with Crippen LogP contribution in [0.5, 0.6) is 0 Å². The zero-order chi connectivity index (χ0) is 13.8. The summed E-state index contributed by atoms with van der Waals surface area (Å²) in [5, 5.41) is 0. The van der Waals surface area contributed by atoms with Gasteiger partial charge in [-0.25, -0.2) is 9.59 Å². The maximum absolute atomic E-state index is 11.9. The zero-order valence-electron chi connectivity index (χ0n) is 10.4. The number of esters is 1. The summed E-state index contributed by atoms with van der Waals surface area (Å²) in [7, 11) is 1.22. The Labute approximate surface area is 113 Å². The van der Waals surface area contributed by atoms with Crippen LogP contribution in [-0.4, -0.2) is 24.3 Å². The summed E-state index contributed by atoms with van der Waals surface area (Å²) in [4.78, 5) is 28.0. The van der Waals surface area contributed by atoms with Crippen LogP contribution >= 0.6 is 11.8 Å². The van der Waals surface area contributed by atoms with E-state index in [2.05, 4.69) is 9.72 Å². The second-order valence-electron chi connectivity index (χ2n) is 3.55. The van der Waals surface area contributed by atoms with Gasteiger partial charge in [-0.1, -0.05) is 6.07 Å². The number of pyridine rings is 1. The monoisotopic (exact) mass is 277 g/mol. The molecule has 0 aliphatic carbocycles. The standard InChI is InChI=1S/C13H11NO4S/c1-17-12(15)11-10(19-2)7-9(18-13(11)16)8-5-3-4-6-14-8/h3-7H,1-2H3. The first kappa shape index (κ1) is 13.4. The topological polar surface area (TPSA) is 69.4 Å². The number of aromatic nitrogens is 1. The van der Waals surface area contributed by atoms with Crippen molar-refractivity contribution in [2.75, 3.05) is 13.4 Å². The summed E-state index contributed by atoms with van der Waals surface area (Å²) >= 11 is 1.27. The first-order valence-corrected chi connectivity index (χ1v) is 6.61. The summed E-state index contributed by atoms with van der Waals surface area (Å²) < 4.78 is 9.70. The van der Waals surface area contributed by atoms with E-state index >= 15 is 0 Å². The van der Waals surface area contributed by atoms with Crippen molar-refractivity contribution in [3.8, 4) is 11.5 Å². The Bertz CT molecular complexity index is 651. The molecule has 2 heterocycles. The summed E-state index contributed by atoms with van der Waals surface area (Å²) in [6.07, 6.45) is 3.37. The van der Waals surface area contributed by atoms with Crippen molar-refractivity contribution in [2.45, 2.75) is 4.90 Å². The Hall–Kier alpha value is -2.08. The second-order valence-corrected chi connectivity index (χ2v) is 4.40. The molecule has 2 rings (SSSR count). The third-order valence-corrected chi connectivity index (χ3v) is 3.20. The third-order valence-electron chi connectivity index (χ3n) is 2.44. The molecule has 0 aromatic carbocycles. The molecule has 19 heavy (non-hydrogen) atoms. The number of hydrogen-bond donors (Lipinski definition) is 0. The number of ether oxygens (including phenoxy) is 1. The van der Waals surface area contributed by atoms with E-state index in [1.54, 1.807) is 36.7 Å². The molecule has 0 spiro atoms. The van der Waals surface area contributed by atoms with Gasteiger partial charge in [-0.2, -0.15) is 0 Å². The molecule has 0 bridgehead atoms. The van der Waals surface area contributed by atoms with Crippen molar-refractivity contribution in [2.24, 2.45) is 0 Å². The van der Waals surface area contributed by atoms with Crippen LogP contribution in [0.15, 0.2) is 44.6 Å². The minimum absolute atomic E-state index is 0.0883. The van der Waals surface area contributed by atoms with Gasteiger partial charge >= 0.3 is 11.6 Å². The molecule has 0 unspecified atom stereocenters. The molecular formula is C13H11NO4S. The van der Waals surface area contributed by atoms with Gasteiger partial charge in [0, 0.05) is 11.1 Å². The van der Waals surface area contributed by atoms with Gasteiger partial charge in [0.2, 0.25) is 0 Å². The van der Waals surface area contributed by atoms with E-state index in [1.165, 1.54) is 18.9 Å². The lowest BCUT2D eigenvalue weighted by molar-refractivity contribution is 0.0591. The molecule has 0 fully saturated rings. The lowest BCUT2D eigenvalue weighted by Gasteiger charge is -2.06. The highest BCUT2D eigenvalue weighted by Crippen LogP contribution is 2.24. The van der Waals surface area contributed by atoms with Gasteiger partial charge in [0.05, 0.1) is 7.11 Å². The van der Waals surface area contributed by atoms with Gasteiger partial charge in [0.15, 0.2) is 11.3 Å². The van der Waals surface area contributed by atoms with Gasteiger partial charge in [-0.15, -0.1) is 11.8 Å². The minimum Gasteiger partial charge on any atom is -0.465 e. The Balaban J connectivity index is 2.61. The third kappa shape index (κ3) is 2.68. The summed E-state index contributed by atoms with van der Waals surface area (Å²) in [5.74, 6) is -0.381. The van der Waals surface area contributed by atoms with E-state index in [0.717, 1.165) is 0 Å². The predicted molar refractivity (Wildman–Crippen MR) is 71.3 cm³/mol. The fourth-order valence-corrected chi connectivity index (χ4v) is 2.15. The first-order chi connectivity index (χ1) is 9.17. The minimum atomic E-state index is -0.723. The van der Waals surface area contributed by atoms with Crippen LogP contribution in [-0.2, 0) is 4.74 Å². The van der Waals surface area contributed by atoms with Crippen molar-refractivity contribution in [1.29, 1.82) is 0 Å². The van der Waals surface area contributed by atoms with Crippen LogP contribution in [0, 0.1) is 0 Å². The molecule has 5 nitrogen and oxygen atoms in total. The van der Waals surface area contributed by atoms with E-state index in [1.807, 2.05) is 0 Å². The second kappa shape index (κ2) is 5.71. The smallest absolute Gasteiger partial charge is 0.352 e. The fourth-order valence-electron chi connectivity index (χ4n) is 1.55. The Morgan fingerprint density at radius 1 is 1.42 bits per heavy atom. The number of rotatable bonds is 3. The summed E-state index contributed by atoms with van der Waals surface area (Å²) in [6.45, 7) is 0. The van der Waals surface area contributed by atoms with E-state index in [-0.39, 0.29) is 5.56 Å². The van der Waals surface area contributed by atoms with Crippen LogP contribution in [0.4, 0.5) is 0 Å². The van der Waals surface area contributed by atoms with Crippen molar-refractivity contribution < 1.29 is 13.9 Å². The molecule has 2 aromatic rings. The van der Waals surface area contributed by atoms with Gasteiger partial charge in [-0.05, 0) is 24.5 Å². The van der Waals surface area contributed by atoms with Crippen molar-refractivity contribution in [3.63, 3.8) is 0 Å². The summed E-state index contributed by atoms with van der Waals surface area (Å²) in [6, 6.07) is 6.88. The van der Waals surface area contributed by atoms with E-state index in [0.29, 0.717) is 16.3 Å². The van der Waals surface area contributed by atoms with E-state index in [9.17, 15) is 9.59 Å². The average molecular weight is 277 g/mol. The molecule has 0 saturated heterocycles. The normalized spacial score (nSPS) is 10.2. The van der Waals surface area contributed by atoms with Gasteiger partial charge in [-0.3, -0.25) is 4.98 Å². The highest BCUT2D eigenvalue weighted by atomic mass is 32.2. The molecule has 6 heteroatoms. The fraction of sp³-hybridized carbons (Fsp3) is 0.154. The molecule has 0 aliphatic rings. The SMILES string of the molecule is COC(=O)c1c(SC)cc(-c2ccccn2)oc1=O. The molecule has 98 valence electrons. The van der Waals surface area contributed by atoms with E-state index in [4.69, 9.17) is 4.42 Å². The molecule has 0 atom stereocenters. The average Bonchev–Trinajstić information content (AvgIpc) is 2.46. The summed E-state index contributed by atoms with van der Waals surface area (Å²) in [5.41, 5.74) is -0.277. The van der Waals surface area contributed by atoms with Crippen molar-refractivity contribution in [3.05, 3.63) is 46.4 Å². The quantitative estimate of drug-likeness (QED) is 0.633. The molecule has 0 radical (unpaired) electrons. The molecule has 0 aliphatic heterocycles. The van der Waals surface area contributed by atoms with Gasteiger partial charge < -0.3 is 9.15 Å². The zero-order valence-corrected chi connectivity index (χ0v) is 11.2. The van der Waals surface area contributed by atoms with Crippen LogP contribution in [0.3, 0.4) is 0 Å².